The Labute approximate surface area is 134 Å². The highest BCUT2D eigenvalue weighted by molar-refractivity contribution is 7.09. The summed E-state index contributed by atoms with van der Waals surface area (Å²) < 4.78 is 2.08. The lowest BCUT2D eigenvalue weighted by Gasteiger charge is -2.34. The van der Waals surface area contributed by atoms with Crippen molar-refractivity contribution in [2.24, 2.45) is 0 Å². The van der Waals surface area contributed by atoms with Crippen LogP contribution in [0.1, 0.15) is 4.88 Å². The number of nitrogens with zero attached hydrogens (tertiary/aromatic N) is 4. The van der Waals surface area contributed by atoms with Gasteiger partial charge in [-0.3, -0.25) is 4.90 Å². The van der Waals surface area contributed by atoms with Crippen molar-refractivity contribution in [1.82, 2.24) is 24.7 Å². The quantitative estimate of drug-likeness (QED) is 0.908. The zero-order valence-corrected chi connectivity index (χ0v) is 13.3. The number of aromatic nitrogens is 2. The molecule has 1 aliphatic heterocycles. The van der Waals surface area contributed by atoms with E-state index in [1.165, 1.54) is 4.88 Å². The normalized spacial score (nSPS) is 15.9. The molecule has 2 amide bonds. The second kappa shape index (κ2) is 7.42. The minimum Gasteiger partial charge on any atom is -0.336 e. The maximum Gasteiger partial charge on any atom is 0.317 e. The van der Waals surface area contributed by atoms with E-state index in [2.05, 4.69) is 19.8 Å². The molecular weight excluding hydrogens is 298 g/mol. The molecule has 0 radical (unpaired) electrons. The maximum atomic E-state index is 12.1. The van der Waals surface area contributed by atoms with Crippen molar-refractivity contribution < 1.29 is 4.79 Å². The largest absolute Gasteiger partial charge is 0.336 e. The van der Waals surface area contributed by atoms with Gasteiger partial charge in [0.2, 0.25) is 0 Å². The number of amides is 2. The van der Waals surface area contributed by atoms with Crippen LogP contribution in [0.25, 0.3) is 0 Å². The number of carbonyl (C=O) groups excluding carboxylic acids is 1. The van der Waals surface area contributed by atoms with Gasteiger partial charge in [0.15, 0.2) is 0 Å². The summed E-state index contributed by atoms with van der Waals surface area (Å²) in [6, 6.07) is 4.09. The van der Waals surface area contributed by atoms with Crippen molar-refractivity contribution in [2.45, 2.75) is 13.1 Å². The zero-order chi connectivity index (χ0) is 15.2. The molecule has 1 N–H and O–H groups in total. The summed E-state index contributed by atoms with van der Waals surface area (Å²) in [5.74, 6) is 0. The molecule has 1 fully saturated rings. The van der Waals surface area contributed by atoms with E-state index in [0.29, 0.717) is 6.54 Å². The van der Waals surface area contributed by atoms with Crippen molar-refractivity contribution in [3.63, 3.8) is 0 Å². The van der Waals surface area contributed by atoms with Crippen LogP contribution in [0.4, 0.5) is 4.79 Å². The van der Waals surface area contributed by atoms with Crippen molar-refractivity contribution in [3.05, 3.63) is 41.1 Å². The number of urea groups is 1. The van der Waals surface area contributed by atoms with Crippen LogP contribution in [0.3, 0.4) is 0 Å². The SMILES string of the molecule is O=C(NCc1cccs1)N1CCN(CCn2ccnc2)CC1. The number of thiophene rings is 1. The van der Waals surface area contributed by atoms with Gasteiger partial charge in [-0.2, -0.15) is 0 Å². The lowest BCUT2D eigenvalue weighted by molar-refractivity contribution is 0.136. The van der Waals surface area contributed by atoms with Crippen LogP contribution in [0, 0.1) is 0 Å². The number of rotatable bonds is 5. The Balaban J connectivity index is 1.36. The molecule has 0 unspecified atom stereocenters. The Morgan fingerprint density at radius 1 is 1.27 bits per heavy atom. The molecule has 0 spiro atoms. The molecule has 0 aromatic carbocycles. The van der Waals surface area contributed by atoms with Crippen LogP contribution in [0.5, 0.6) is 0 Å². The summed E-state index contributed by atoms with van der Waals surface area (Å²) >= 11 is 1.67. The molecule has 2 aromatic heterocycles. The average Bonchev–Trinajstić information content (AvgIpc) is 3.24. The lowest BCUT2D eigenvalue weighted by atomic mass is 10.3. The van der Waals surface area contributed by atoms with E-state index < -0.39 is 0 Å². The highest BCUT2D eigenvalue weighted by Gasteiger charge is 2.20. The number of imidazole rings is 1. The first-order chi connectivity index (χ1) is 10.8. The van der Waals surface area contributed by atoms with E-state index in [1.807, 2.05) is 34.9 Å². The maximum absolute atomic E-state index is 12.1. The molecule has 0 saturated carbocycles. The van der Waals surface area contributed by atoms with E-state index in [9.17, 15) is 4.79 Å². The van der Waals surface area contributed by atoms with Gasteiger partial charge in [0.1, 0.15) is 0 Å². The molecule has 22 heavy (non-hydrogen) atoms. The van der Waals surface area contributed by atoms with E-state index in [-0.39, 0.29) is 6.03 Å². The molecule has 3 rings (SSSR count). The van der Waals surface area contributed by atoms with E-state index in [4.69, 9.17) is 0 Å². The van der Waals surface area contributed by atoms with Crippen molar-refractivity contribution in [3.8, 4) is 0 Å². The Kier molecular flexibility index (Phi) is 5.07. The fourth-order valence-corrected chi connectivity index (χ4v) is 3.18. The van der Waals surface area contributed by atoms with Gasteiger partial charge in [-0.05, 0) is 11.4 Å². The summed E-state index contributed by atoms with van der Waals surface area (Å²) in [5, 5.41) is 5.02. The predicted molar refractivity (Wildman–Crippen MR) is 86.8 cm³/mol. The summed E-state index contributed by atoms with van der Waals surface area (Å²) in [6.07, 6.45) is 5.62. The van der Waals surface area contributed by atoms with Crippen LogP contribution < -0.4 is 5.32 Å². The molecule has 7 heteroatoms. The number of carbonyl (C=O) groups is 1. The summed E-state index contributed by atoms with van der Waals surface area (Å²) in [7, 11) is 0. The third kappa shape index (κ3) is 4.08. The van der Waals surface area contributed by atoms with Gasteiger partial charge in [0.05, 0.1) is 12.9 Å². The summed E-state index contributed by atoms with van der Waals surface area (Å²) in [5.41, 5.74) is 0. The molecule has 6 nitrogen and oxygen atoms in total. The monoisotopic (exact) mass is 319 g/mol. The Morgan fingerprint density at radius 2 is 2.14 bits per heavy atom. The first kappa shape index (κ1) is 15.1. The van der Waals surface area contributed by atoms with Gasteiger partial charge in [-0.25, -0.2) is 9.78 Å². The second-order valence-corrected chi connectivity index (χ2v) is 6.40. The lowest BCUT2D eigenvalue weighted by Crippen LogP contribution is -2.52. The molecule has 0 atom stereocenters. The van der Waals surface area contributed by atoms with Gasteiger partial charge in [0, 0.05) is 56.5 Å². The minimum atomic E-state index is 0.0441. The molecule has 3 heterocycles. The third-order valence-electron chi connectivity index (χ3n) is 3.89. The molecule has 1 saturated heterocycles. The standard InChI is InChI=1S/C15H21N5OS/c21-15(17-12-14-2-1-11-22-14)20-9-7-18(8-10-20)5-6-19-4-3-16-13-19/h1-4,11,13H,5-10,12H2,(H,17,21). The minimum absolute atomic E-state index is 0.0441. The second-order valence-electron chi connectivity index (χ2n) is 5.37. The van der Waals surface area contributed by atoms with E-state index in [0.717, 1.165) is 39.3 Å². The van der Waals surface area contributed by atoms with E-state index in [1.54, 1.807) is 17.5 Å². The first-order valence-electron chi connectivity index (χ1n) is 7.54. The molecule has 118 valence electrons. The van der Waals surface area contributed by atoms with Gasteiger partial charge in [0.25, 0.3) is 0 Å². The molecule has 2 aromatic rings. The van der Waals surface area contributed by atoms with Crippen molar-refractivity contribution in [2.75, 3.05) is 32.7 Å². The van der Waals surface area contributed by atoms with Crippen LogP contribution in [-0.2, 0) is 13.1 Å². The highest BCUT2D eigenvalue weighted by atomic mass is 32.1. The molecule has 0 aliphatic carbocycles. The first-order valence-corrected chi connectivity index (χ1v) is 8.42. The molecule has 1 aliphatic rings. The molecular formula is C15H21N5OS. The van der Waals surface area contributed by atoms with Crippen LogP contribution in [0.2, 0.25) is 0 Å². The number of nitrogens with one attached hydrogen (secondary N) is 1. The van der Waals surface area contributed by atoms with Crippen LogP contribution in [-0.4, -0.2) is 58.1 Å². The topological polar surface area (TPSA) is 53.4 Å². The Bertz CT molecular complexity index is 561. The number of hydrogen-bond donors (Lipinski definition) is 1. The number of piperazine rings is 1. The zero-order valence-electron chi connectivity index (χ0n) is 12.5. The van der Waals surface area contributed by atoms with Crippen molar-refractivity contribution in [1.29, 1.82) is 0 Å². The van der Waals surface area contributed by atoms with Gasteiger partial charge >= 0.3 is 6.03 Å². The third-order valence-corrected chi connectivity index (χ3v) is 4.76. The average molecular weight is 319 g/mol. The fourth-order valence-electron chi connectivity index (χ4n) is 2.54. The fraction of sp³-hybridized carbons (Fsp3) is 0.467. The van der Waals surface area contributed by atoms with Gasteiger partial charge in [-0.1, -0.05) is 6.07 Å². The van der Waals surface area contributed by atoms with Crippen molar-refractivity contribution >= 4 is 17.4 Å². The van der Waals surface area contributed by atoms with Crippen LogP contribution in [0.15, 0.2) is 36.2 Å². The Hall–Kier alpha value is -1.86. The van der Waals surface area contributed by atoms with Crippen LogP contribution >= 0.6 is 11.3 Å². The van der Waals surface area contributed by atoms with E-state index >= 15 is 0 Å². The Morgan fingerprint density at radius 3 is 2.82 bits per heavy atom. The van der Waals surface area contributed by atoms with Gasteiger partial charge < -0.3 is 14.8 Å². The number of hydrogen-bond acceptors (Lipinski definition) is 4. The molecule has 0 bridgehead atoms. The summed E-state index contributed by atoms with van der Waals surface area (Å²) in [4.78, 5) is 21.7. The highest BCUT2D eigenvalue weighted by Crippen LogP contribution is 2.08. The van der Waals surface area contributed by atoms with Gasteiger partial charge in [-0.15, -0.1) is 11.3 Å². The summed E-state index contributed by atoms with van der Waals surface area (Å²) in [6.45, 7) is 6.02. The smallest absolute Gasteiger partial charge is 0.317 e. The predicted octanol–water partition coefficient (Wildman–Crippen LogP) is 1.47.